The zero-order chi connectivity index (χ0) is 25.0. The summed E-state index contributed by atoms with van der Waals surface area (Å²) in [4.78, 5) is 15.1. The van der Waals surface area contributed by atoms with E-state index in [9.17, 15) is 50.4 Å². The van der Waals surface area contributed by atoms with E-state index in [2.05, 4.69) is 19.9 Å². The molecule has 0 aromatic carbocycles. The molecule has 0 fully saturated rings. The van der Waals surface area contributed by atoms with Crippen molar-refractivity contribution in [2.75, 3.05) is 0 Å². The van der Waals surface area contributed by atoms with E-state index in [1.165, 1.54) is 0 Å². The number of nitrogens with one attached hydrogen (secondary N) is 2. The van der Waals surface area contributed by atoms with Crippen LogP contribution in [0.4, 0.5) is 50.4 Å². The Morgan fingerprint density at radius 1 is 0.500 bits per heavy atom. The van der Waals surface area contributed by atoms with Crippen molar-refractivity contribution in [3.05, 3.63) is 61.2 Å². The summed E-state index contributed by atoms with van der Waals surface area (Å²) in [7, 11) is -21.3. The zero-order valence-electron chi connectivity index (χ0n) is 15.1. The fraction of sp³-hybridized carbons (Fsp3) is 0. The molecule has 3 heterocycles. The average molecular weight is 526 g/mol. The first kappa shape index (κ1) is 27.4. The van der Waals surface area contributed by atoms with Crippen LogP contribution in [0.3, 0.4) is 0 Å². The van der Waals surface area contributed by atoms with Crippen molar-refractivity contribution in [3.63, 3.8) is 0 Å². The van der Waals surface area contributed by atoms with Crippen LogP contribution in [0.25, 0.3) is 22.8 Å². The summed E-state index contributed by atoms with van der Waals surface area (Å²) in [6.45, 7) is 0. The molecule has 0 bridgehead atoms. The number of aromatic nitrogens is 4. The van der Waals surface area contributed by atoms with Gasteiger partial charge in [0.2, 0.25) is 12.4 Å². The molecule has 0 aliphatic heterocycles. The molecule has 2 N–H and O–H groups in total. The van der Waals surface area contributed by atoms with E-state index in [0.717, 1.165) is 22.8 Å². The molecule has 182 valence electrons. The predicted octanol–water partition coefficient (Wildman–Crippen LogP) is 8.20. The molecule has 0 radical (unpaired) electrons. The van der Waals surface area contributed by atoms with Crippen LogP contribution in [-0.4, -0.2) is 9.97 Å². The minimum atomic E-state index is -10.7. The molecule has 0 atom stereocenters. The normalized spacial score (nSPS) is 15.9. The molecule has 0 aliphatic rings. The van der Waals surface area contributed by atoms with Crippen LogP contribution in [-0.2, 0) is 0 Å². The first-order chi connectivity index (χ1) is 13.8. The SMILES string of the molecule is F[P-](F)(F)(F)(F)F.F[P-](F)(F)(F)(F)F.c1ccc(-c2[nH+]cc[nH+]c2-c2ccccn2)nc1. The third-order valence-corrected chi connectivity index (χ3v) is 2.63. The van der Waals surface area contributed by atoms with E-state index in [0.29, 0.717) is 0 Å². The third-order valence-electron chi connectivity index (χ3n) is 2.63. The van der Waals surface area contributed by atoms with Gasteiger partial charge in [-0.15, -0.1) is 0 Å². The Morgan fingerprint density at radius 2 is 0.781 bits per heavy atom. The van der Waals surface area contributed by atoms with Gasteiger partial charge < -0.3 is 0 Å². The molecule has 3 aromatic heterocycles. The molecule has 18 heteroatoms. The van der Waals surface area contributed by atoms with E-state index in [4.69, 9.17) is 0 Å². The van der Waals surface area contributed by atoms with E-state index < -0.39 is 15.6 Å². The van der Waals surface area contributed by atoms with Crippen LogP contribution < -0.4 is 9.97 Å². The molecule has 0 amide bonds. The van der Waals surface area contributed by atoms with Gasteiger partial charge in [-0.05, 0) is 24.3 Å². The maximum atomic E-state index is 9.87. The first-order valence-electron chi connectivity index (χ1n) is 7.73. The van der Waals surface area contributed by atoms with E-state index in [1.54, 1.807) is 12.4 Å². The van der Waals surface area contributed by atoms with Gasteiger partial charge in [-0.2, -0.15) is 9.97 Å². The van der Waals surface area contributed by atoms with Gasteiger partial charge in [-0.25, -0.2) is 9.97 Å². The quantitative estimate of drug-likeness (QED) is 0.250. The predicted molar refractivity (Wildman–Crippen MR) is 93.2 cm³/mol. The van der Waals surface area contributed by atoms with Crippen molar-refractivity contribution in [2.45, 2.75) is 0 Å². The number of H-pyrrole nitrogens is 2. The second kappa shape index (κ2) is 7.48. The Labute approximate surface area is 170 Å². The monoisotopic (exact) mass is 526 g/mol. The Kier molecular flexibility index (Phi) is 6.41. The molecule has 0 aliphatic carbocycles. The largest absolute Gasteiger partial charge is 0.303 e. The van der Waals surface area contributed by atoms with Crippen molar-refractivity contribution in [1.82, 2.24) is 9.97 Å². The van der Waals surface area contributed by atoms with Crippen molar-refractivity contribution >= 4 is 15.6 Å². The molecule has 32 heavy (non-hydrogen) atoms. The summed E-state index contributed by atoms with van der Waals surface area (Å²) >= 11 is 0. The third kappa shape index (κ3) is 18.2. The van der Waals surface area contributed by atoms with Gasteiger partial charge in [0.1, 0.15) is 11.4 Å². The van der Waals surface area contributed by atoms with Crippen LogP contribution in [0.2, 0.25) is 0 Å². The maximum absolute atomic E-state index is 10.7. The second-order valence-electron chi connectivity index (χ2n) is 5.72. The minimum absolute atomic E-state index is 0.884. The van der Waals surface area contributed by atoms with Gasteiger partial charge in [-0.1, -0.05) is 12.1 Å². The molecule has 0 saturated carbocycles. The summed E-state index contributed by atoms with van der Waals surface area (Å²) in [5.41, 5.74) is 3.62. The minimum Gasteiger partial charge on any atom is -0.250 e. The second-order valence-corrected chi connectivity index (χ2v) is 9.55. The summed E-state index contributed by atoms with van der Waals surface area (Å²) in [5.74, 6) is 0. The molecule has 0 unspecified atom stereocenters. The Hall–Kier alpha value is -2.60. The summed E-state index contributed by atoms with van der Waals surface area (Å²) in [6, 6.07) is 11.7. The van der Waals surface area contributed by atoms with E-state index in [1.807, 2.05) is 48.8 Å². The van der Waals surface area contributed by atoms with Crippen LogP contribution in [0.15, 0.2) is 61.2 Å². The number of pyridine rings is 2. The van der Waals surface area contributed by atoms with Gasteiger partial charge in [0.05, 0.1) is 0 Å². The van der Waals surface area contributed by atoms with Crippen LogP contribution in [0, 0.1) is 0 Å². The van der Waals surface area contributed by atoms with Crippen molar-refractivity contribution < 1.29 is 60.3 Å². The molecule has 0 spiro atoms. The standard InChI is InChI=1S/C14H10N4.2F6P/c1-3-7-15-11(5-1)13-14(18-10-9-17-13)12-6-2-4-8-16-12;2*1-7(2,3,4,5)6/h1-10H;;/q;2*-1/p+2. The smallest absolute Gasteiger partial charge is 0.250 e. The average Bonchev–Trinajstić information content (AvgIpc) is 2.58. The number of halogens is 12. The van der Waals surface area contributed by atoms with E-state index >= 15 is 0 Å². The molecule has 0 saturated heterocycles. The fourth-order valence-corrected chi connectivity index (χ4v) is 1.82. The van der Waals surface area contributed by atoms with Gasteiger partial charge in [-0.3, -0.25) is 0 Å². The summed E-state index contributed by atoms with van der Waals surface area (Å²) < 4.78 is 118. The zero-order valence-corrected chi connectivity index (χ0v) is 16.9. The number of nitrogens with zero attached hydrogens (tertiary/aromatic N) is 2. The first-order valence-corrected chi connectivity index (χ1v) is 11.8. The number of hydrogen-bond acceptors (Lipinski definition) is 2. The molecular weight excluding hydrogens is 514 g/mol. The fourth-order valence-electron chi connectivity index (χ4n) is 1.82. The van der Waals surface area contributed by atoms with Crippen LogP contribution in [0.1, 0.15) is 0 Å². The Balaban J connectivity index is 0.000000305. The number of aromatic amines is 2. The molecule has 3 aromatic rings. The van der Waals surface area contributed by atoms with Crippen molar-refractivity contribution in [1.29, 1.82) is 0 Å². The van der Waals surface area contributed by atoms with Gasteiger partial charge >= 0.3 is 77.4 Å². The van der Waals surface area contributed by atoms with Gasteiger partial charge in [0.25, 0.3) is 0 Å². The van der Waals surface area contributed by atoms with Gasteiger partial charge in [0, 0.05) is 12.4 Å². The maximum Gasteiger partial charge on any atom is 0.303 e. The summed E-state index contributed by atoms with van der Waals surface area (Å²) in [6.07, 6.45) is 7.24. The molecule has 4 nitrogen and oxygen atoms in total. The van der Waals surface area contributed by atoms with E-state index in [-0.39, 0.29) is 0 Å². The molecular formula is C14H12F12N4P2. The van der Waals surface area contributed by atoms with Crippen LogP contribution >= 0.6 is 15.6 Å². The Bertz CT molecular complexity index is 931. The van der Waals surface area contributed by atoms with Gasteiger partial charge in [0.15, 0.2) is 0 Å². The Morgan fingerprint density at radius 3 is 1.00 bits per heavy atom. The topological polar surface area (TPSA) is 54.1 Å². The number of hydrogen-bond donors (Lipinski definition) is 0. The number of rotatable bonds is 2. The van der Waals surface area contributed by atoms with Crippen molar-refractivity contribution in [2.24, 2.45) is 0 Å². The van der Waals surface area contributed by atoms with Crippen LogP contribution in [0.5, 0.6) is 0 Å². The molecule has 3 rings (SSSR count). The van der Waals surface area contributed by atoms with Crippen molar-refractivity contribution in [3.8, 4) is 22.8 Å². The summed E-state index contributed by atoms with van der Waals surface area (Å²) in [5, 5.41) is 0.